The molecule has 2 aromatic rings. The largest absolute Gasteiger partial charge is 0.490 e. The molecule has 0 aliphatic heterocycles. The molecule has 22 heavy (non-hydrogen) atoms. The fourth-order valence-electron chi connectivity index (χ4n) is 1.76. The molecule has 2 rings (SSSR count). The Bertz CT molecular complexity index is 750. The summed E-state index contributed by atoms with van der Waals surface area (Å²) >= 11 is 0. The van der Waals surface area contributed by atoms with Gasteiger partial charge in [-0.1, -0.05) is 0 Å². The van der Waals surface area contributed by atoms with E-state index in [1.54, 1.807) is 0 Å². The van der Waals surface area contributed by atoms with Crippen LogP contribution >= 0.6 is 0 Å². The molecule has 1 N–H and O–H groups in total. The molecule has 114 valence electrons. The fourth-order valence-corrected chi connectivity index (χ4v) is 1.76. The summed E-state index contributed by atoms with van der Waals surface area (Å²) < 4.78 is 31.1. The van der Waals surface area contributed by atoms with Gasteiger partial charge in [0.05, 0.1) is 17.7 Å². The molecular weight excluding hydrogens is 298 g/mol. The molecule has 0 atom stereocenters. The highest BCUT2D eigenvalue weighted by Crippen LogP contribution is 2.28. The van der Waals surface area contributed by atoms with Crippen molar-refractivity contribution in [3.8, 4) is 5.75 Å². The zero-order chi connectivity index (χ0) is 16.3. The number of nitro groups is 1. The number of nitrogens with zero attached hydrogens (tertiary/aromatic N) is 1. The maximum atomic E-state index is 13.5. The lowest BCUT2D eigenvalue weighted by Gasteiger charge is -2.07. The Kier molecular flexibility index (Phi) is 4.31. The summed E-state index contributed by atoms with van der Waals surface area (Å²) in [6.45, 7) is 0. The summed E-state index contributed by atoms with van der Waals surface area (Å²) in [6.07, 6.45) is 0. The van der Waals surface area contributed by atoms with Crippen LogP contribution in [-0.4, -0.2) is 17.9 Å². The molecule has 0 bridgehead atoms. The Balaban J connectivity index is 2.30. The molecule has 0 aromatic heterocycles. The van der Waals surface area contributed by atoms with Crippen LogP contribution in [0.2, 0.25) is 0 Å². The molecule has 0 fully saturated rings. The first kappa shape index (κ1) is 15.4. The minimum atomic E-state index is -0.948. The van der Waals surface area contributed by atoms with Crippen molar-refractivity contribution in [1.29, 1.82) is 0 Å². The van der Waals surface area contributed by atoms with Crippen molar-refractivity contribution in [3.05, 3.63) is 63.7 Å². The average molecular weight is 308 g/mol. The molecule has 2 aromatic carbocycles. The van der Waals surface area contributed by atoms with Gasteiger partial charge in [0.1, 0.15) is 11.6 Å². The van der Waals surface area contributed by atoms with Crippen LogP contribution in [-0.2, 0) is 0 Å². The van der Waals surface area contributed by atoms with E-state index in [-0.39, 0.29) is 17.0 Å². The first-order valence-electron chi connectivity index (χ1n) is 6.01. The molecule has 0 radical (unpaired) electrons. The fraction of sp³-hybridized carbons (Fsp3) is 0.0714. The highest BCUT2D eigenvalue weighted by Gasteiger charge is 2.19. The molecule has 0 aliphatic carbocycles. The number of methoxy groups -OCH3 is 1. The van der Waals surface area contributed by atoms with E-state index in [2.05, 4.69) is 5.32 Å². The van der Waals surface area contributed by atoms with Crippen molar-refractivity contribution in [3.63, 3.8) is 0 Å². The normalized spacial score (nSPS) is 10.1. The molecule has 0 saturated carbocycles. The monoisotopic (exact) mass is 308 g/mol. The molecule has 0 aliphatic rings. The van der Waals surface area contributed by atoms with Gasteiger partial charge in [-0.05, 0) is 24.3 Å². The number of benzene rings is 2. The van der Waals surface area contributed by atoms with E-state index in [9.17, 15) is 23.7 Å². The summed E-state index contributed by atoms with van der Waals surface area (Å²) in [5.41, 5.74) is -0.684. The Morgan fingerprint density at radius 1 is 1.23 bits per heavy atom. The number of rotatable bonds is 4. The van der Waals surface area contributed by atoms with Gasteiger partial charge in [-0.2, -0.15) is 0 Å². The smallest absolute Gasteiger partial charge is 0.311 e. The van der Waals surface area contributed by atoms with Gasteiger partial charge in [0.2, 0.25) is 0 Å². The van der Waals surface area contributed by atoms with E-state index < -0.39 is 28.2 Å². The van der Waals surface area contributed by atoms with E-state index in [0.717, 1.165) is 18.2 Å². The van der Waals surface area contributed by atoms with Gasteiger partial charge in [-0.25, -0.2) is 8.78 Å². The summed E-state index contributed by atoms with van der Waals surface area (Å²) in [7, 11) is 1.26. The number of amides is 1. The second-order valence-corrected chi connectivity index (χ2v) is 4.22. The first-order chi connectivity index (χ1) is 10.4. The number of hydrogen-bond donors (Lipinski definition) is 1. The standard InChI is InChI=1S/C14H10F2N2O4/c1-22-13-5-2-8(6-12(13)18(20)21)14(19)17-11-4-3-9(15)7-10(11)16/h2-7H,1H3,(H,17,19). The van der Waals surface area contributed by atoms with Crippen LogP contribution in [0.1, 0.15) is 10.4 Å². The van der Waals surface area contributed by atoms with Gasteiger partial charge in [-0.15, -0.1) is 0 Å². The summed E-state index contributed by atoms with van der Waals surface area (Å²) in [5.74, 6) is -2.50. The topological polar surface area (TPSA) is 81.5 Å². The molecular formula is C14H10F2N2O4. The molecule has 0 saturated heterocycles. The third kappa shape index (κ3) is 3.17. The van der Waals surface area contributed by atoms with Crippen LogP contribution in [0.15, 0.2) is 36.4 Å². The molecule has 1 amide bonds. The molecule has 8 heteroatoms. The minimum Gasteiger partial charge on any atom is -0.490 e. The van der Waals surface area contributed by atoms with Crippen molar-refractivity contribution in [2.45, 2.75) is 0 Å². The van der Waals surface area contributed by atoms with Gasteiger partial charge < -0.3 is 10.1 Å². The Hall–Kier alpha value is -3.03. The van der Waals surface area contributed by atoms with Crippen LogP contribution in [0.5, 0.6) is 5.75 Å². The first-order valence-corrected chi connectivity index (χ1v) is 6.01. The quantitative estimate of drug-likeness (QED) is 0.695. The van der Waals surface area contributed by atoms with Crippen LogP contribution in [0.3, 0.4) is 0 Å². The number of carbonyl (C=O) groups is 1. The Morgan fingerprint density at radius 2 is 1.95 bits per heavy atom. The number of carbonyl (C=O) groups excluding carboxylic acids is 1. The summed E-state index contributed by atoms with van der Waals surface area (Å²) in [5, 5.41) is 13.1. The van der Waals surface area contributed by atoms with Crippen molar-refractivity contribution >= 4 is 17.3 Å². The molecule has 0 unspecified atom stereocenters. The van der Waals surface area contributed by atoms with Crippen LogP contribution in [0.4, 0.5) is 20.2 Å². The third-order valence-corrected chi connectivity index (χ3v) is 2.82. The third-order valence-electron chi connectivity index (χ3n) is 2.82. The second kappa shape index (κ2) is 6.17. The molecule has 0 spiro atoms. The predicted molar refractivity (Wildman–Crippen MR) is 74.0 cm³/mol. The van der Waals surface area contributed by atoms with E-state index in [1.807, 2.05) is 0 Å². The molecule has 0 heterocycles. The number of nitrogens with one attached hydrogen (secondary N) is 1. The second-order valence-electron chi connectivity index (χ2n) is 4.22. The summed E-state index contributed by atoms with van der Waals surface area (Å²) in [6, 6.07) is 6.22. The van der Waals surface area contributed by atoms with Gasteiger partial charge in [0.25, 0.3) is 5.91 Å². The Morgan fingerprint density at radius 3 is 2.55 bits per heavy atom. The number of halogens is 2. The Labute approximate surface area is 123 Å². The van der Waals surface area contributed by atoms with Crippen molar-refractivity contribution in [2.75, 3.05) is 12.4 Å². The summed E-state index contributed by atoms with van der Waals surface area (Å²) in [4.78, 5) is 22.2. The van der Waals surface area contributed by atoms with Crippen molar-refractivity contribution in [2.24, 2.45) is 0 Å². The van der Waals surface area contributed by atoms with Gasteiger partial charge in [-0.3, -0.25) is 14.9 Å². The number of anilines is 1. The van der Waals surface area contributed by atoms with E-state index >= 15 is 0 Å². The number of nitro benzene ring substituents is 1. The van der Waals surface area contributed by atoms with Crippen LogP contribution in [0, 0.1) is 21.7 Å². The van der Waals surface area contributed by atoms with Gasteiger partial charge in [0.15, 0.2) is 5.75 Å². The zero-order valence-corrected chi connectivity index (χ0v) is 11.3. The molecule has 6 nitrogen and oxygen atoms in total. The van der Waals surface area contributed by atoms with E-state index in [0.29, 0.717) is 6.07 Å². The maximum Gasteiger partial charge on any atom is 0.311 e. The lowest BCUT2D eigenvalue weighted by Crippen LogP contribution is -2.13. The lowest BCUT2D eigenvalue weighted by molar-refractivity contribution is -0.385. The van der Waals surface area contributed by atoms with E-state index in [4.69, 9.17) is 4.74 Å². The average Bonchev–Trinajstić information content (AvgIpc) is 2.49. The van der Waals surface area contributed by atoms with Crippen molar-refractivity contribution in [1.82, 2.24) is 0 Å². The SMILES string of the molecule is COc1ccc(C(=O)Nc2ccc(F)cc2F)cc1[N+](=O)[O-]. The van der Waals surface area contributed by atoms with Crippen molar-refractivity contribution < 1.29 is 23.2 Å². The highest BCUT2D eigenvalue weighted by molar-refractivity contribution is 6.04. The lowest BCUT2D eigenvalue weighted by atomic mass is 10.1. The predicted octanol–water partition coefficient (Wildman–Crippen LogP) is 3.13. The number of hydrogen-bond acceptors (Lipinski definition) is 4. The van der Waals surface area contributed by atoms with Crippen LogP contribution in [0.25, 0.3) is 0 Å². The number of ether oxygens (including phenoxy) is 1. The minimum absolute atomic E-state index is 0.00508. The highest BCUT2D eigenvalue weighted by atomic mass is 19.1. The maximum absolute atomic E-state index is 13.5. The van der Waals surface area contributed by atoms with E-state index in [1.165, 1.54) is 19.2 Å². The van der Waals surface area contributed by atoms with Gasteiger partial charge >= 0.3 is 5.69 Å². The van der Waals surface area contributed by atoms with Gasteiger partial charge in [0, 0.05) is 17.7 Å². The van der Waals surface area contributed by atoms with Crippen LogP contribution < -0.4 is 10.1 Å². The zero-order valence-electron chi connectivity index (χ0n) is 11.3.